The molecule has 1 aromatic rings. The monoisotopic (exact) mass is 388 g/mol. The van der Waals surface area contributed by atoms with Crippen LogP contribution >= 0.6 is 0 Å². The topological polar surface area (TPSA) is 75.7 Å². The number of esters is 1. The van der Waals surface area contributed by atoms with Gasteiger partial charge in [-0.3, -0.25) is 14.4 Å². The first-order valence-electron chi connectivity index (χ1n) is 9.88. The van der Waals surface area contributed by atoms with Crippen molar-refractivity contribution >= 4 is 17.8 Å². The molecule has 1 saturated heterocycles. The minimum Gasteiger partial charge on any atom is -0.454 e. The van der Waals surface area contributed by atoms with Crippen LogP contribution < -0.4 is 5.32 Å². The molecular formula is C22H32N2O4. The Balaban J connectivity index is 1.76. The van der Waals surface area contributed by atoms with Crippen molar-refractivity contribution < 1.29 is 19.1 Å². The Morgan fingerprint density at radius 1 is 1.07 bits per heavy atom. The van der Waals surface area contributed by atoms with Crippen molar-refractivity contribution in [2.75, 3.05) is 26.2 Å². The number of carbonyl (C=O) groups excluding carboxylic acids is 3. The number of rotatable bonds is 5. The summed E-state index contributed by atoms with van der Waals surface area (Å²) in [6.45, 7) is 11.4. The molecule has 1 fully saturated rings. The maximum atomic E-state index is 12.2. The van der Waals surface area contributed by atoms with Crippen molar-refractivity contribution in [2.45, 2.75) is 46.5 Å². The van der Waals surface area contributed by atoms with E-state index in [1.165, 1.54) is 0 Å². The lowest BCUT2D eigenvalue weighted by molar-refractivity contribution is -0.152. The number of amides is 2. The van der Waals surface area contributed by atoms with Crippen LogP contribution in [0.2, 0.25) is 0 Å². The van der Waals surface area contributed by atoms with E-state index in [9.17, 15) is 14.4 Å². The van der Waals surface area contributed by atoms with E-state index in [2.05, 4.69) is 39.9 Å². The lowest BCUT2D eigenvalue weighted by Gasteiger charge is -2.34. The minimum absolute atomic E-state index is 0.00922. The predicted molar refractivity (Wildman–Crippen MR) is 108 cm³/mol. The molecular weight excluding hydrogens is 356 g/mol. The molecule has 0 bridgehead atoms. The molecule has 0 spiro atoms. The molecule has 0 unspecified atom stereocenters. The van der Waals surface area contributed by atoms with Crippen LogP contribution in [0.25, 0.3) is 0 Å². The second-order valence-electron chi connectivity index (χ2n) is 8.92. The van der Waals surface area contributed by atoms with Crippen molar-refractivity contribution in [3.63, 3.8) is 0 Å². The van der Waals surface area contributed by atoms with E-state index in [-0.39, 0.29) is 30.4 Å². The van der Waals surface area contributed by atoms with Crippen LogP contribution in [0.3, 0.4) is 0 Å². The Morgan fingerprint density at radius 2 is 1.64 bits per heavy atom. The van der Waals surface area contributed by atoms with Gasteiger partial charge in [0.25, 0.3) is 11.8 Å². The van der Waals surface area contributed by atoms with Gasteiger partial charge in [-0.1, -0.05) is 46.8 Å². The molecule has 0 radical (unpaired) electrons. The van der Waals surface area contributed by atoms with Gasteiger partial charge in [-0.05, 0) is 41.4 Å². The highest BCUT2D eigenvalue weighted by molar-refractivity contribution is 5.96. The number of likely N-dealkylation sites (tertiary alicyclic amines) is 1. The Labute approximate surface area is 167 Å². The van der Waals surface area contributed by atoms with Crippen LogP contribution in [0, 0.1) is 11.8 Å². The smallest absolute Gasteiger partial charge is 0.325 e. The van der Waals surface area contributed by atoms with Crippen molar-refractivity contribution in [1.82, 2.24) is 10.2 Å². The summed E-state index contributed by atoms with van der Waals surface area (Å²) < 4.78 is 5.03. The molecule has 154 valence electrons. The Morgan fingerprint density at radius 3 is 2.18 bits per heavy atom. The van der Waals surface area contributed by atoms with E-state index in [0.717, 1.165) is 12.0 Å². The first kappa shape index (κ1) is 21.9. The van der Waals surface area contributed by atoms with Crippen LogP contribution in [-0.4, -0.2) is 48.9 Å². The number of nitrogens with zero attached hydrogens (tertiary/aromatic N) is 1. The maximum absolute atomic E-state index is 12.2. The van der Waals surface area contributed by atoms with Gasteiger partial charge in [-0.15, -0.1) is 0 Å². The number of carbonyl (C=O) groups is 3. The van der Waals surface area contributed by atoms with Crippen LogP contribution in [0.15, 0.2) is 24.3 Å². The van der Waals surface area contributed by atoms with Crippen LogP contribution in [-0.2, 0) is 19.7 Å². The summed E-state index contributed by atoms with van der Waals surface area (Å²) in [4.78, 5) is 38.0. The van der Waals surface area contributed by atoms with E-state index in [1.54, 1.807) is 17.0 Å². The molecule has 2 rings (SSSR count). The second kappa shape index (κ2) is 9.22. The molecule has 0 aliphatic carbocycles. The summed E-state index contributed by atoms with van der Waals surface area (Å²) in [5, 5.41) is 2.54. The molecule has 0 saturated carbocycles. The SMILES string of the molecule is C[C@@H]1C[C@H](C)CN(C(=O)COC(=O)CNC(=O)c2ccc(C(C)(C)C)cc2)C1. The first-order chi connectivity index (χ1) is 13.1. The number of hydrogen-bond acceptors (Lipinski definition) is 4. The number of nitrogens with one attached hydrogen (secondary N) is 1. The minimum atomic E-state index is -0.619. The van der Waals surface area contributed by atoms with Gasteiger partial charge in [0.15, 0.2) is 6.61 Å². The Hall–Kier alpha value is -2.37. The fraction of sp³-hybridized carbons (Fsp3) is 0.591. The molecule has 2 atom stereocenters. The third-order valence-electron chi connectivity index (χ3n) is 4.98. The van der Waals surface area contributed by atoms with E-state index in [4.69, 9.17) is 4.74 Å². The quantitative estimate of drug-likeness (QED) is 0.787. The molecule has 1 aromatic carbocycles. The average Bonchev–Trinajstić information content (AvgIpc) is 2.62. The Bertz CT molecular complexity index is 696. The van der Waals surface area contributed by atoms with E-state index in [1.807, 2.05) is 12.1 Å². The van der Waals surface area contributed by atoms with Crippen molar-refractivity contribution in [3.8, 4) is 0 Å². The fourth-order valence-corrected chi connectivity index (χ4v) is 3.53. The third-order valence-corrected chi connectivity index (χ3v) is 4.98. The molecule has 28 heavy (non-hydrogen) atoms. The van der Waals surface area contributed by atoms with E-state index in [0.29, 0.717) is 30.5 Å². The molecule has 1 aliphatic rings. The normalized spacial score (nSPS) is 19.8. The van der Waals surface area contributed by atoms with Gasteiger partial charge in [0.1, 0.15) is 6.54 Å². The largest absolute Gasteiger partial charge is 0.454 e. The zero-order chi connectivity index (χ0) is 20.9. The van der Waals surface area contributed by atoms with Gasteiger partial charge >= 0.3 is 5.97 Å². The molecule has 2 amide bonds. The molecule has 0 aromatic heterocycles. The predicted octanol–water partition coefficient (Wildman–Crippen LogP) is 2.76. The first-order valence-corrected chi connectivity index (χ1v) is 9.88. The van der Waals surface area contributed by atoms with E-state index < -0.39 is 5.97 Å². The second-order valence-corrected chi connectivity index (χ2v) is 8.92. The number of benzene rings is 1. The summed E-state index contributed by atoms with van der Waals surface area (Å²) in [6, 6.07) is 7.30. The highest BCUT2D eigenvalue weighted by Gasteiger charge is 2.26. The summed E-state index contributed by atoms with van der Waals surface area (Å²) in [7, 11) is 0. The van der Waals surface area contributed by atoms with Crippen molar-refractivity contribution in [2.24, 2.45) is 11.8 Å². The van der Waals surface area contributed by atoms with Crippen LogP contribution in [0.4, 0.5) is 0 Å². The fourth-order valence-electron chi connectivity index (χ4n) is 3.53. The lowest BCUT2D eigenvalue weighted by atomic mass is 9.87. The van der Waals surface area contributed by atoms with Gasteiger partial charge in [-0.25, -0.2) is 0 Å². The molecule has 6 nitrogen and oxygen atoms in total. The van der Waals surface area contributed by atoms with Gasteiger partial charge in [0.2, 0.25) is 0 Å². The molecule has 6 heteroatoms. The van der Waals surface area contributed by atoms with Crippen molar-refractivity contribution in [3.05, 3.63) is 35.4 Å². The van der Waals surface area contributed by atoms with Gasteiger partial charge in [0, 0.05) is 18.7 Å². The number of hydrogen-bond donors (Lipinski definition) is 1. The maximum Gasteiger partial charge on any atom is 0.325 e. The highest BCUT2D eigenvalue weighted by atomic mass is 16.5. The van der Waals surface area contributed by atoms with Crippen molar-refractivity contribution in [1.29, 1.82) is 0 Å². The van der Waals surface area contributed by atoms with Crippen LogP contribution in [0.5, 0.6) is 0 Å². The summed E-state index contributed by atoms with van der Waals surface area (Å²) in [5.74, 6) is -0.246. The molecule has 1 N–H and O–H groups in total. The van der Waals surface area contributed by atoms with Gasteiger partial charge in [-0.2, -0.15) is 0 Å². The third kappa shape index (κ3) is 6.36. The lowest BCUT2D eigenvalue weighted by Crippen LogP contribution is -2.44. The van der Waals surface area contributed by atoms with Gasteiger partial charge in [0.05, 0.1) is 0 Å². The molecule has 1 heterocycles. The summed E-state index contributed by atoms with van der Waals surface area (Å²) in [5.41, 5.74) is 1.62. The van der Waals surface area contributed by atoms with E-state index >= 15 is 0 Å². The average molecular weight is 389 g/mol. The van der Waals surface area contributed by atoms with Crippen LogP contribution in [0.1, 0.15) is 57.0 Å². The highest BCUT2D eigenvalue weighted by Crippen LogP contribution is 2.22. The standard InChI is InChI=1S/C22H32N2O4/c1-15-10-16(2)13-24(12-15)19(25)14-28-20(26)11-23-21(27)17-6-8-18(9-7-17)22(3,4)5/h6-9,15-16H,10-14H2,1-5H3,(H,23,27)/t15-,16+. The summed E-state index contributed by atoms with van der Waals surface area (Å²) in [6.07, 6.45) is 1.10. The molecule has 1 aliphatic heterocycles. The number of piperidine rings is 1. The Kier molecular flexibility index (Phi) is 7.22. The zero-order valence-electron chi connectivity index (χ0n) is 17.6. The number of ether oxygens (including phenoxy) is 1. The van der Waals surface area contributed by atoms with Gasteiger partial charge < -0.3 is 15.0 Å². The summed E-state index contributed by atoms with van der Waals surface area (Å²) >= 11 is 0. The zero-order valence-corrected chi connectivity index (χ0v) is 17.6.